The van der Waals surface area contributed by atoms with Gasteiger partial charge in [0.15, 0.2) is 0 Å². The molecule has 0 aromatic rings. The number of carbonyl (C=O) groups is 1. The first-order chi connectivity index (χ1) is 10.2. The molecule has 1 unspecified atom stereocenters. The van der Waals surface area contributed by atoms with Gasteiger partial charge < -0.3 is 10.1 Å². The SMILES string of the molecule is CSCC(C)C(=O)N(C)S(=O)(=O)CCCOCCNC(C)C. The highest BCUT2D eigenvalue weighted by Crippen LogP contribution is 2.11. The third-order valence-electron chi connectivity index (χ3n) is 3.06. The van der Waals surface area contributed by atoms with E-state index in [1.807, 2.05) is 6.26 Å². The Balaban J connectivity index is 4.06. The van der Waals surface area contributed by atoms with Gasteiger partial charge in [0.05, 0.1) is 12.4 Å². The summed E-state index contributed by atoms with van der Waals surface area (Å²) in [5, 5.41) is 3.21. The standard InChI is InChI=1S/C14H30N2O4S2/c1-12(2)15-7-9-20-8-6-10-22(18,19)16(4)14(17)13(3)11-21-5/h12-13,15H,6-11H2,1-5H3. The predicted octanol–water partition coefficient (Wildman–Crippen LogP) is 1.18. The van der Waals surface area contributed by atoms with Gasteiger partial charge in [-0.3, -0.25) is 4.79 Å². The zero-order chi connectivity index (χ0) is 17.2. The molecule has 0 aromatic carbocycles. The van der Waals surface area contributed by atoms with E-state index in [1.165, 1.54) is 18.8 Å². The van der Waals surface area contributed by atoms with Gasteiger partial charge in [0.25, 0.3) is 0 Å². The highest BCUT2D eigenvalue weighted by molar-refractivity contribution is 7.98. The van der Waals surface area contributed by atoms with Gasteiger partial charge in [-0.1, -0.05) is 20.8 Å². The zero-order valence-corrected chi connectivity index (χ0v) is 15.9. The van der Waals surface area contributed by atoms with Gasteiger partial charge in [-0.05, 0) is 12.7 Å². The molecule has 0 aliphatic heterocycles. The van der Waals surface area contributed by atoms with Crippen LogP contribution >= 0.6 is 11.8 Å². The molecular formula is C14H30N2O4S2. The van der Waals surface area contributed by atoms with Crippen molar-refractivity contribution in [2.75, 3.05) is 44.6 Å². The van der Waals surface area contributed by atoms with E-state index < -0.39 is 10.0 Å². The molecule has 1 atom stereocenters. The number of ether oxygens (including phenoxy) is 1. The molecule has 0 bridgehead atoms. The summed E-state index contributed by atoms with van der Waals surface area (Å²) in [5.41, 5.74) is 0. The lowest BCUT2D eigenvalue weighted by Crippen LogP contribution is -2.39. The van der Waals surface area contributed by atoms with Gasteiger partial charge in [0.1, 0.15) is 0 Å². The molecule has 0 heterocycles. The second kappa shape index (κ2) is 11.3. The summed E-state index contributed by atoms with van der Waals surface area (Å²) in [7, 11) is -2.21. The molecule has 0 aliphatic carbocycles. The first-order valence-corrected chi connectivity index (χ1v) is 10.5. The fourth-order valence-electron chi connectivity index (χ4n) is 1.77. The number of amides is 1. The monoisotopic (exact) mass is 354 g/mol. The summed E-state index contributed by atoms with van der Waals surface area (Å²) in [5.74, 6) is -0.103. The van der Waals surface area contributed by atoms with Crippen molar-refractivity contribution in [3.05, 3.63) is 0 Å². The van der Waals surface area contributed by atoms with Crippen LogP contribution in [0.15, 0.2) is 0 Å². The van der Waals surface area contributed by atoms with Crippen molar-refractivity contribution in [3.8, 4) is 0 Å². The first kappa shape index (κ1) is 21.7. The van der Waals surface area contributed by atoms with Crippen molar-refractivity contribution in [1.29, 1.82) is 0 Å². The van der Waals surface area contributed by atoms with E-state index in [2.05, 4.69) is 19.2 Å². The normalized spacial score (nSPS) is 13.4. The maximum atomic E-state index is 12.1. The molecule has 0 spiro atoms. The van der Waals surface area contributed by atoms with Crippen LogP contribution in [0.5, 0.6) is 0 Å². The number of thioether (sulfide) groups is 1. The van der Waals surface area contributed by atoms with Crippen LogP contribution < -0.4 is 5.32 Å². The predicted molar refractivity (Wildman–Crippen MR) is 92.7 cm³/mol. The maximum absolute atomic E-state index is 12.1. The molecule has 1 amide bonds. The van der Waals surface area contributed by atoms with E-state index >= 15 is 0 Å². The minimum absolute atomic E-state index is 0.0706. The van der Waals surface area contributed by atoms with Gasteiger partial charge in [0, 0.05) is 37.9 Å². The van der Waals surface area contributed by atoms with E-state index in [4.69, 9.17) is 4.74 Å². The highest BCUT2D eigenvalue weighted by atomic mass is 32.2. The number of nitrogens with one attached hydrogen (secondary N) is 1. The van der Waals surface area contributed by atoms with Crippen LogP contribution in [0.1, 0.15) is 27.2 Å². The fourth-order valence-corrected chi connectivity index (χ4v) is 3.62. The highest BCUT2D eigenvalue weighted by Gasteiger charge is 2.26. The molecular weight excluding hydrogens is 324 g/mol. The van der Waals surface area contributed by atoms with Crippen molar-refractivity contribution in [1.82, 2.24) is 9.62 Å². The Labute approximate surface area is 139 Å². The molecule has 0 fully saturated rings. The van der Waals surface area contributed by atoms with Gasteiger partial charge in [0.2, 0.25) is 15.9 Å². The van der Waals surface area contributed by atoms with Crippen LogP contribution in [0.3, 0.4) is 0 Å². The minimum atomic E-state index is -3.55. The molecule has 22 heavy (non-hydrogen) atoms. The summed E-state index contributed by atoms with van der Waals surface area (Å²) in [6.07, 6.45) is 2.28. The van der Waals surface area contributed by atoms with Crippen molar-refractivity contribution in [2.24, 2.45) is 5.92 Å². The van der Waals surface area contributed by atoms with Gasteiger partial charge in [-0.15, -0.1) is 0 Å². The Bertz CT molecular complexity index is 413. The Morgan fingerprint density at radius 1 is 1.27 bits per heavy atom. The number of nitrogens with zero attached hydrogens (tertiary/aromatic N) is 1. The lowest BCUT2D eigenvalue weighted by atomic mass is 10.2. The molecule has 0 rings (SSSR count). The Kier molecular flexibility index (Phi) is 11.1. The molecule has 0 saturated carbocycles. The van der Waals surface area contributed by atoms with Crippen LogP contribution in [0.4, 0.5) is 0 Å². The number of sulfonamides is 1. The van der Waals surface area contributed by atoms with Gasteiger partial charge >= 0.3 is 0 Å². The van der Waals surface area contributed by atoms with E-state index in [1.54, 1.807) is 6.92 Å². The largest absolute Gasteiger partial charge is 0.380 e. The van der Waals surface area contributed by atoms with Crippen molar-refractivity contribution < 1.29 is 17.9 Å². The topological polar surface area (TPSA) is 75.7 Å². The van der Waals surface area contributed by atoms with Crippen molar-refractivity contribution in [2.45, 2.75) is 33.2 Å². The Morgan fingerprint density at radius 2 is 1.91 bits per heavy atom. The molecule has 132 valence electrons. The smallest absolute Gasteiger partial charge is 0.239 e. The molecule has 0 aromatic heterocycles. The molecule has 1 N–H and O–H groups in total. The number of hydrogen-bond donors (Lipinski definition) is 1. The summed E-state index contributed by atoms with van der Waals surface area (Å²) in [6, 6.07) is 0.409. The van der Waals surface area contributed by atoms with Crippen LogP contribution in [-0.4, -0.2) is 69.2 Å². The van der Waals surface area contributed by atoms with Crippen molar-refractivity contribution in [3.63, 3.8) is 0 Å². The van der Waals surface area contributed by atoms with E-state index in [9.17, 15) is 13.2 Å². The lowest BCUT2D eigenvalue weighted by Gasteiger charge is -2.21. The number of carbonyl (C=O) groups excluding carboxylic acids is 1. The average Bonchev–Trinajstić information content (AvgIpc) is 2.44. The third kappa shape index (κ3) is 8.97. The van der Waals surface area contributed by atoms with Crippen LogP contribution in [0.2, 0.25) is 0 Å². The Morgan fingerprint density at radius 3 is 2.45 bits per heavy atom. The number of rotatable bonds is 12. The van der Waals surface area contributed by atoms with Gasteiger partial charge in [-0.25, -0.2) is 12.7 Å². The van der Waals surface area contributed by atoms with E-state index in [0.717, 1.165) is 10.8 Å². The first-order valence-electron chi connectivity index (χ1n) is 7.53. The van der Waals surface area contributed by atoms with E-state index in [0.29, 0.717) is 31.4 Å². The van der Waals surface area contributed by atoms with Crippen LogP contribution in [-0.2, 0) is 19.6 Å². The van der Waals surface area contributed by atoms with Crippen LogP contribution in [0, 0.1) is 5.92 Å². The third-order valence-corrected chi connectivity index (χ3v) is 5.71. The molecule has 0 aliphatic rings. The number of hydrogen-bond acceptors (Lipinski definition) is 6. The lowest BCUT2D eigenvalue weighted by molar-refractivity contribution is -0.128. The minimum Gasteiger partial charge on any atom is -0.380 e. The quantitative estimate of drug-likeness (QED) is 0.530. The second-order valence-electron chi connectivity index (χ2n) is 5.55. The van der Waals surface area contributed by atoms with Gasteiger partial charge in [-0.2, -0.15) is 11.8 Å². The summed E-state index contributed by atoms with van der Waals surface area (Å²) >= 11 is 1.53. The molecule has 6 nitrogen and oxygen atoms in total. The van der Waals surface area contributed by atoms with E-state index in [-0.39, 0.29) is 17.6 Å². The van der Waals surface area contributed by atoms with Crippen LogP contribution in [0.25, 0.3) is 0 Å². The zero-order valence-electron chi connectivity index (χ0n) is 14.3. The summed E-state index contributed by atoms with van der Waals surface area (Å²) < 4.78 is 30.4. The molecule has 0 saturated heterocycles. The average molecular weight is 355 g/mol. The van der Waals surface area contributed by atoms with Crippen molar-refractivity contribution >= 4 is 27.7 Å². The Hall–Kier alpha value is -0.310. The fraction of sp³-hybridized carbons (Fsp3) is 0.929. The summed E-state index contributed by atoms with van der Waals surface area (Å²) in [4.78, 5) is 12.0. The maximum Gasteiger partial charge on any atom is 0.239 e. The molecule has 8 heteroatoms. The molecule has 0 radical (unpaired) electrons. The second-order valence-corrected chi connectivity index (χ2v) is 8.58. The summed E-state index contributed by atoms with van der Waals surface area (Å²) in [6.45, 7) is 7.53.